The molecule has 0 saturated heterocycles. The average Bonchev–Trinajstić information content (AvgIpc) is 3.08. The van der Waals surface area contributed by atoms with Gasteiger partial charge in [0.15, 0.2) is 0 Å². The van der Waals surface area contributed by atoms with Gasteiger partial charge in [0.1, 0.15) is 5.82 Å². The summed E-state index contributed by atoms with van der Waals surface area (Å²) < 4.78 is 14.7. The number of fused-ring (bicyclic) bond motifs is 1. The molecule has 0 N–H and O–H groups in total. The molecule has 28 heavy (non-hydrogen) atoms. The summed E-state index contributed by atoms with van der Waals surface area (Å²) in [5, 5.41) is 1.46. The van der Waals surface area contributed by atoms with Crippen LogP contribution in [0.5, 0.6) is 0 Å². The van der Waals surface area contributed by atoms with Crippen molar-refractivity contribution in [2.45, 2.75) is 6.42 Å². The third-order valence-corrected chi connectivity index (χ3v) is 5.72. The molecule has 0 fully saturated rings. The molecule has 0 atom stereocenters. The van der Waals surface area contributed by atoms with Crippen LogP contribution in [0.25, 0.3) is 21.3 Å². The van der Waals surface area contributed by atoms with Gasteiger partial charge in [-0.1, -0.05) is 29.8 Å². The van der Waals surface area contributed by atoms with Crippen molar-refractivity contribution in [3.8, 4) is 11.3 Å². The molecule has 0 radical (unpaired) electrons. The van der Waals surface area contributed by atoms with Crippen LogP contribution in [0.3, 0.4) is 0 Å². The lowest BCUT2D eigenvalue weighted by Gasteiger charge is -2.04. The molecule has 4 rings (SSSR count). The Kier molecular flexibility index (Phi) is 5.03. The van der Waals surface area contributed by atoms with Crippen LogP contribution in [0, 0.1) is 5.82 Å². The first-order chi connectivity index (χ1) is 13.5. The van der Waals surface area contributed by atoms with E-state index in [1.165, 1.54) is 12.1 Å². The first-order valence-corrected chi connectivity index (χ1v) is 9.67. The number of carbonyl (C=O) groups excluding carboxylic acids is 1. The molecule has 2 heterocycles. The summed E-state index contributed by atoms with van der Waals surface area (Å²) in [6, 6.07) is 15.9. The molecule has 1 amide bonds. The summed E-state index contributed by atoms with van der Waals surface area (Å²) in [4.78, 5) is 20.8. The second-order valence-electron chi connectivity index (χ2n) is 6.28. The Labute approximate surface area is 170 Å². The van der Waals surface area contributed by atoms with Gasteiger partial charge in [-0.2, -0.15) is 0 Å². The molecule has 0 saturated carbocycles. The van der Waals surface area contributed by atoms with Crippen molar-refractivity contribution in [2.24, 2.45) is 4.99 Å². The van der Waals surface area contributed by atoms with E-state index < -0.39 is 0 Å². The summed E-state index contributed by atoms with van der Waals surface area (Å²) in [7, 11) is 0. The molecule has 0 aliphatic heterocycles. The van der Waals surface area contributed by atoms with E-state index in [0.29, 0.717) is 22.7 Å². The number of aromatic nitrogens is 1. The first kappa shape index (κ1) is 18.5. The quantitative estimate of drug-likeness (QED) is 0.378. The van der Waals surface area contributed by atoms with E-state index in [1.807, 2.05) is 18.2 Å². The number of nitrogens with zero attached hydrogens (tertiary/aromatic N) is 2. The van der Waals surface area contributed by atoms with Crippen LogP contribution in [0.1, 0.15) is 20.8 Å². The van der Waals surface area contributed by atoms with Crippen molar-refractivity contribution in [3.63, 3.8) is 0 Å². The fraction of sp³-hybridized carbons (Fsp3) is 0.0455. The maximum atomic E-state index is 13.6. The van der Waals surface area contributed by atoms with Crippen LogP contribution in [-0.2, 0) is 6.42 Å². The number of carbonyl (C=O) groups is 1. The zero-order valence-corrected chi connectivity index (χ0v) is 16.2. The van der Waals surface area contributed by atoms with Crippen LogP contribution in [0.4, 0.5) is 4.39 Å². The van der Waals surface area contributed by atoms with Crippen LogP contribution >= 0.6 is 22.9 Å². The Morgan fingerprint density at radius 1 is 1.18 bits per heavy atom. The summed E-state index contributed by atoms with van der Waals surface area (Å²) in [6.45, 7) is 3.29. The van der Waals surface area contributed by atoms with Crippen molar-refractivity contribution >= 4 is 45.6 Å². The summed E-state index contributed by atoms with van der Waals surface area (Å²) in [6.07, 6.45) is 2.18. The Hall–Kier alpha value is -2.89. The van der Waals surface area contributed by atoms with E-state index in [9.17, 15) is 9.18 Å². The van der Waals surface area contributed by atoms with Crippen molar-refractivity contribution in [2.75, 3.05) is 0 Å². The Bertz CT molecular complexity index is 1200. The van der Waals surface area contributed by atoms with Crippen LogP contribution in [0.15, 0.2) is 65.8 Å². The van der Waals surface area contributed by atoms with Crippen LogP contribution in [0.2, 0.25) is 5.02 Å². The fourth-order valence-electron chi connectivity index (χ4n) is 3.12. The molecule has 4 aromatic rings. The molecule has 6 heteroatoms. The van der Waals surface area contributed by atoms with Gasteiger partial charge in [-0.15, -0.1) is 11.3 Å². The standard InChI is InChI=1S/C22H14ClFN2OS/c1-25-22(27)15-5-6-26-20(11-15)19-4-2-3-14-10-18(28-21(14)19)9-13-7-16(23)12-17(24)8-13/h2-8,10-12H,1,9H2. The summed E-state index contributed by atoms with van der Waals surface area (Å²) in [5.41, 5.74) is 2.90. The Morgan fingerprint density at radius 2 is 2.04 bits per heavy atom. The number of aliphatic imine (C=N–C) groups is 1. The van der Waals surface area contributed by atoms with Gasteiger partial charge in [-0.3, -0.25) is 9.78 Å². The van der Waals surface area contributed by atoms with E-state index in [0.717, 1.165) is 26.1 Å². The van der Waals surface area contributed by atoms with Gasteiger partial charge in [0.2, 0.25) is 0 Å². The van der Waals surface area contributed by atoms with Gasteiger partial charge in [-0.05, 0) is 54.1 Å². The molecule has 2 aromatic carbocycles. The summed E-state index contributed by atoms with van der Waals surface area (Å²) >= 11 is 7.59. The topological polar surface area (TPSA) is 42.3 Å². The van der Waals surface area contributed by atoms with E-state index in [1.54, 1.807) is 35.7 Å². The number of pyridine rings is 1. The fourth-order valence-corrected chi connectivity index (χ4v) is 4.58. The highest BCUT2D eigenvalue weighted by atomic mass is 35.5. The number of halogens is 2. The maximum Gasteiger partial charge on any atom is 0.276 e. The highest BCUT2D eigenvalue weighted by Gasteiger charge is 2.12. The first-order valence-electron chi connectivity index (χ1n) is 8.47. The highest BCUT2D eigenvalue weighted by Crippen LogP contribution is 2.35. The van der Waals surface area contributed by atoms with Gasteiger partial charge >= 0.3 is 0 Å². The zero-order valence-electron chi connectivity index (χ0n) is 14.7. The number of hydrogen-bond acceptors (Lipinski definition) is 3. The second kappa shape index (κ2) is 7.62. The molecule has 2 aromatic heterocycles. The lowest BCUT2D eigenvalue weighted by atomic mass is 10.1. The smallest absolute Gasteiger partial charge is 0.267 e. The third kappa shape index (κ3) is 3.72. The van der Waals surface area contributed by atoms with E-state index in [4.69, 9.17) is 11.6 Å². The minimum atomic E-state index is -0.384. The van der Waals surface area contributed by atoms with Crippen molar-refractivity contribution in [1.29, 1.82) is 0 Å². The minimum Gasteiger partial charge on any atom is -0.267 e. The monoisotopic (exact) mass is 408 g/mol. The van der Waals surface area contributed by atoms with E-state index in [2.05, 4.69) is 22.8 Å². The van der Waals surface area contributed by atoms with Crippen molar-refractivity contribution in [3.05, 3.63) is 87.6 Å². The molecular formula is C22H14ClFN2OS. The van der Waals surface area contributed by atoms with Gasteiger partial charge in [0, 0.05) is 38.3 Å². The predicted molar refractivity (Wildman–Crippen MR) is 113 cm³/mol. The minimum absolute atomic E-state index is 0.342. The van der Waals surface area contributed by atoms with E-state index >= 15 is 0 Å². The van der Waals surface area contributed by atoms with Gasteiger partial charge < -0.3 is 0 Å². The number of hydrogen-bond donors (Lipinski definition) is 0. The number of benzene rings is 2. The molecule has 0 bridgehead atoms. The molecule has 0 aliphatic carbocycles. The number of rotatable bonds is 4. The van der Waals surface area contributed by atoms with Crippen molar-refractivity contribution < 1.29 is 9.18 Å². The zero-order chi connectivity index (χ0) is 19.7. The van der Waals surface area contributed by atoms with Gasteiger partial charge in [0.25, 0.3) is 5.91 Å². The third-order valence-electron chi connectivity index (χ3n) is 4.32. The molecule has 3 nitrogen and oxygen atoms in total. The molecule has 0 spiro atoms. The Morgan fingerprint density at radius 3 is 2.82 bits per heavy atom. The molecule has 0 unspecified atom stereocenters. The summed E-state index contributed by atoms with van der Waals surface area (Å²) in [5.74, 6) is -0.725. The largest absolute Gasteiger partial charge is 0.276 e. The lowest BCUT2D eigenvalue weighted by Crippen LogP contribution is -1.95. The van der Waals surface area contributed by atoms with Gasteiger partial charge in [0.05, 0.1) is 5.69 Å². The maximum absolute atomic E-state index is 13.6. The Balaban J connectivity index is 1.75. The normalized spacial score (nSPS) is 10.9. The van der Waals surface area contributed by atoms with Crippen LogP contribution in [-0.4, -0.2) is 17.6 Å². The molecule has 138 valence electrons. The predicted octanol–water partition coefficient (Wildman–Crippen LogP) is 6.19. The lowest BCUT2D eigenvalue weighted by molar-refractivity contribution is 0.100. The number of thiophene rings is 1. The highest BCUT2D eigenvalue weighted by molar-refractivity contribution is 7.19. The molecule has 0 aliphatic rings. The second-order valence-corrected chi connectivity index (χ2v) is 7.86. The average molecular weight is 409 g/mol. The SMILES string of the molecule is C=NC(=O)c1ccnc(-c2cccc3cc(Cc4cc(F)cc(Cl)c4)sc23)c1. The number of amides is 1. The van der Waals surface area contributed by atoms with Crippen LogP contribution < -0.4 is 0 Å². The van der Waals surface area contributed by atoms with Gasteiger partial charge in [-0.25, -0.2) is 9.38 Å². The molecular weight excluding hydrogens is 395 g/mol. The van der Waals surface area contributed by atoms with Crippen molar-refractivity contribution in [1.82, 2.24) is 4.98 Å². The van der Waals surface area contributed by atoms with E-state index in [-0.39, 0.29) is 11.7 Å².